The standard InChI is InChI=1S/C42H47F2N4S2/c1-2-31(11-13-33-25-35-7-3-17-47-18-4-8-36(26-33)41(35)47)29-39(43)45-16-23-49-50-24-22-46-21-15-32(30-40(46)44)12-14-34-27-37-9-5-19-48-20-6-10-38(28-34)42(37)48/h2,11-15,21,25-30H,1,3-10,16-20,22-24H2/q+1/b13-11+,31-29+,45-39?. The zero-order chi connectivity index (χ0) is 34.3. The molecule has 0 atom stereocenters. The van der Waals surface area contributed by atoms with Crippen molar-refractivity contribution in [3.8, 4) is 0 Å². The van der Waals surface area contributed by atoms with Crippen LogP contribution in [0.2, 0.25) is 0 Å². The quantitative estimate of drug-likeness (QED) is 0.0441. The summed E-state index contributed by atoms with van der Waals surface area (Å²) in [6, 6.07) is 12.8. The Balaban J connectivity index is 0.847. The van der Waals surface area contributed by atoms with Gasteiger partial charge in [0.15, 0.2) is 12.7 Å². The summed E-state index contributed by atoms with van der Waals surface area (Å²) in [5.41, 5.74) is 12.6. The molecule has 7 rings (SSSR count). The number of rotatable bonds is 13. The number of hydrogen-bond donors (Lipinski definition) is 0. The second-order valence-corrected chi connectivity index (χ2v) is 16.3. The summed E-state index contributed by atoms with van der Waals surface area (Å²) in [5, 5.41) is 0. The molecule has 5 heterocycles. The number of allylic oxidation sites excluding steroid dienone is 4. The molecule has 1 aromatic heterocycles. The normalized spacial score (nSPS) is 17.4. The third-order valence-corrected chi connectivity index (χ3v) is 12.5. The first-order chi connectivity index (χ1) is 24.5. The lowest BCUT2D eigenvalue weighted by atomic mass is 9.90. The molecule has 0 N–H and O–H groups in total. The van der Waals surface area contributed by atoms with E-state index in [1.807, 2.05) is 24.4 Å². The minimum Gasteiger partial charge on any atom is -0.371 e. The molecule has 2 aromatic carbocycles. The van der Waals surface area contributed by atoms with Crippen LogP contribution in [-0.4, -0.2) is 50.2 Å². The minimum absolute atomic E-state index is 0.243. The lowest BCUT2D eigenvalue weighted by molar-refractivity contribution is -0.719. The molecule has 0 bridgehead atoms. The van der Waals surface area contributed by atoms with Crippen LogP contribution in [0.4, 0.5) is 20.2 Å². The van der Waals surface area contributed by atoms with Gasteiger partial charge >= 0.3 is 5.95 Å². The summed E-state index contributed by atoms with van der Waals surface area (Å²) >= 11 is 0. The number of hydrogen-bond acceptors (Lipinski definition) is 5. The van der Waals surface area contributed by atoms with Crippen molar-refractivity contribution in [2.45, 2.75) is 57.9 Å². The van der Waals surface area contributed by atoms with Crippen LogP contribution >= 0.6 is 21.6 Å². The maximum absolute atomic E-state index is 14.9. The Morgan fingerprint density at radius 2 is 1.30 bits per heavy atom. The molecule has 0 fully saturated rings. The van der Waals surface area contributed by atoms with Crippen molar-refractivity contribution in [1.82, 2.24) is 0 Å². The molecule has 4 nitrogen and oxygen atoms in total. The van der Waals surface area contributed by atoms with Gasteiger partial charge in [0.2, 0.25) is 5.97 Å². The van der Waals surface area contributed by atoms with E-state index in [1.165, 1.54) is 84.0 Å². The van der Waals surface area contributed by atoms with Crippen LogP contribution in [0.3, 0.4) is 0 Å². The van der Waals surface area contributed by atoms with E-state index < -0.39 is 5.97 Å². The van der Waals surface area contributed by atoms with Gasteiger partial charge in [0.25, 0.3) is 0 Å². The van der Waals surface area contributed by atoms with Crippen molar-refractivity contribution < 1.29 is 13.3 Å². The molecule has 0 amide bonds. The predicted octanol–water partition coefficient (Wildman–Crippen LogP) is 9.26. The summed E-state index contributed by atoms with van der Waals surface area (Å²) in [5.74, 6) is 0.689. The van der Waals surface area contributed by atoms with Gasteiger partial charge in [-0.1, -0.05) is 58.5 Å². The number of nitrogens with zero attached hydrogens (tertiary/aromatic N) is 4. The highest BCUT2D eigenvalue weighted by Gasteiger charge is 2.25. The van der Waals surface area contributed by atoms with Crippen molar-refractivity contribution in [2.24, 2.45) is 4.99 Å². The van der Waals surface area contributed by atoms with Crippen LogP contribution in [-0.2, 0) is 32.2 Å². The van der Waals surface area contributed by atoms with Gasteiger partial charge in [-0.05, 0) is 126 Å². The number of aromatic nitrogens is 1. The molecule has 0 saturated heterocycles. The lowest BCUT2D eigenvalue weighted by Crippen LogP contribution is -2.38. The van der Waals surface area contributed by atoms with E-state index in [0.717, 1.165) is 55.7 Å². The van der Waals surface area contributed by atoms with E-state index in [0.29, 0.717) is 24.4 Å². The van der Waals surface area contributed by atoms with E-state index in [1.54, 1.807) is 38.3 Å². The van der Waals surface area contributed by atoms with Gasteiger partial charge in [0.1, 0.15) is 0 Å². The second-order valence-electron chi connectivity index (χ2n) is 13.6. The fraction of sp³-hybridized carbons (Fsp3) is 0.381. The zero-order valence-corrected chi connectivity index (χ0v) is 30.5. The van der Waals surface area contributed by atoms with Gasteiger partial charge in [0.05, 0.1) is 12.3 Å². The third-order valence-electron chi connectivity index (χ3n) is 10.1. The maximum Gasteiger partial charge on any atom is 0.360 e. The molecule has 260 valence electrons. The molecular weight excluding hydrogens is 663 g/mol. The molecule has 50 heavy (non-hydrogen) atoms. The summed E-state index contributed by atoms with van der Waals surface area (Å²) in [6.45, 7) is 9.50. The Bertz CT molecular complexity index is 1780. The average molecular weight is 710 g/mol. The Morgan fingerprint density at radius 3 is 1.86 bits per heavy atom. The lowest BCUT2D eigenvalue weighted by Gasteiger charge is -2.37. The molecule has 4 aliphatic heterocycles. The minimum atomic E-state index is -0.494. The van der Waals surface area contributed by atoms with E-state index in [4.69, 9.17) is 0 Å². The fourth-order valence-corrected chi connectivity index (χ4v) is 9.67. The summed E-state index contributed by atoms with van der Waals surface area (Å²) < 4.78 is 31.2. The van der Waals surface area contributed by atoms with Gasteiger partial charge < -0.3 is 9.80 Å². The van der Waals surface area contributed by atoms with E-state index in [9.17, 15) is 8.78 Å². The largest absolute Gasteiger partial charge is 0.371 e. The maximum atomic E-state index is 14.9. The number of benzene rings is 2. The number of halogens is 2. The smallest absolute Gasteiger partial charge is 0.360 e. The Hall–Kier alpha value is -3.62. The van der Waals surface area contributed by atoms with Gasteiger partial charge in [-0.3, -0.25) is 4.99 Å². The van der Waals surface area contributed by atoms with Crippen molar-refractivity contribution in [3.63, 3.8) is 0 Å². The Kier molecular flexibility index (Phi) is 11.6. The van der Waals surface area contributed by atoms with Crippen LogP contribution in [0.5, 0.6) is 0 Å². The molecule has 0 radical (unpaired) electrons. The molecule has 4 aliphatic rings. The molecule has 0 unspecified atom stereocenters. The van der Waals surface area contributed by atoms with Crippen molar-refractivity contribution >= 4 is 57.2 Å². The SMILES string of the molecule is C=CC(/C=C/c1cc2c3c(c1)CCCN3CCC2)=C\C(F)=NCCSSCC[n+]1ccc(/C=C/c2cc3c4c(c2)CCCN4CCC3)cc1F. The first-order valence-electron chi connectivity index (χ1n) is 18.2. The number of anilines is 2. The zero-order valence-electron chi connectivity index (χ0n) is 28.9. The number of aliphatic imine (C=N–C) groups is 1. The van der Waals surface area contributed by atoms with Crippen LogP contribution in [0.15, 0.2) is 78.0 Å². The molecule has 0 saturated carbocycles. The molecule has 0 aliphatic carbocycles. The van der Waals surface area contributed by atoms with Gasteiger partial charge in [-0.25, -0.2) is 0 Å². The van der Waals surface area contributed by atoms with Crippen LogP contribution in [0.25, 0.3) is 18.2 Å². The summed E-state index contributed by atoms with van der Waals surface area (Å²) in [6.07, 6.45) is 22.4. The van der Waals surface area contributed by atoms with E-state index >= 15 is 0 Å². The van der Waals surface area contributed by atoms with Crippen LogP contribution in [0, 0.1) is 5.95 Å². The monoisotopic (exact) mass is 709 g/mol. The van der Waals surface area contributed by atoms with Gasteiger partial charge in [-0.15, -0.1) is 4.39 Å². The van der Waals surface area contributed by atoms with Gasteiger partial charge in [0, 0.05) is 55.4 Å². The van der Waals surface area contributed by atoms with Crippen molar-refractivity contribution in [1.29, 1.82) is 0 Å². The Morgan fingerprint density at radius 1 is 0.760 bits per heavy atom. The fourth-order valence-electron chi connectivity index (χ4n) is 7.84. The van der Waals surface area contributed by atoms with E-state index in [2.05, 4.69) is 57.8 Å². The Labute approximate surface area is 304 Å². The highest BCUT2D eigenvalue weighted by molar-refractivity contribution is 8.76. The van der Waals surface area contributed by atoms with Crippen molar-refractivity contribution in [3.05, 3.63) is 118 Å². The first-order valence-corrected chi connectivity index (χ1v) is 20.7. The highest BCUT2D eigenvalue weighted by Crippen LogP contribution is 2.37. The van der Waals surface area contributed by atoms with E-state index in [-0.39, 0.29) is 5.95 Å². The van der Waals surface area contributed by atoms with Gasteiger partial charge in [-0.2, -0.15) is 8.96 Å². The molecular formula is C42H47F2N4S2+. The van der Waals surface area contributed by atoms with Crippen LogP contribution < -0.4 is 14.4 Å². The number of aryl methyl sites for hydroxylation is 5. The van der Waals surface area contributed by atoms with Crippen molar-refractivity contribution in [2.75, 3.05) is 54.0 Å². The summed E-state index contributed by atoms with van der Waals surface area (Å²) in [7, 11) is 3.29. The van der Waals surface area contributed by atoms with Crippen LogP contribution in [0.1, 0.15) is 64.6 Å². The molecule has 3 aromatic rings. The first kappa shape index (κ1) is 34.8. The predicted molar refractivity (Wildman–Crippen MR) is 212 cm³/mol. The second kappa shape index (κ2) is 16.6. The highest BCUT2D eigenvalue weighted by atomic mass is 33.1. The third kappa shape index (κ3) is 8.46. The number of pyridine rings is 1. The molecule has 0 spiro atoms. The topological polar surface area (TPSA) is 22.7 Å². The molecule has 8 heteroatoms. The summed E-state index contributed by atoms with van der Waals surface area (Å²) in [4.78, 5) is 9.19. The average Bonchev–Trinajstić information content (AvgIpc) is 3.13.